The maximum Gasteiger partial charge on any atom is 0.108 e. The SMILES string of the molecule is CC1(C(O)c2cccc(C3CCC3)c2)CCCCO1. The fourth-order valence-corrected chi connectivity index (χ4v) is 3.25. The second-order valence-corrected chi connectivity index (χ2v) is 6.32. The van der Waals surface area contributed by atoms with Gasteiger partial charge in [0.05, 0.1) is 5.60 Å². The zero-order valence-electron chi connectivity index (χ0n) is 11.8. The maximum atomic E-state index is 10.7. The Bertz CT molecular complexity index is 431. The van der Waals surface area contributed by atoms with E-state index in [1.54, 1.807) is 0 Å². The van der Waals surface area contributed by atoms with Gasteiger partial charge in [0.15, 0.2) is 0 Å². The Morgan fingerprint density at radius 3 is 2.74 bits per heavy atom. The van der Waals surface area contributed by atoms with Gasteiger partial charge in [-0.2, -0.15) is 0 Å². The highest BCUT2D eigenvalue weighted by atomic mass is 16.5. The summed E-state index contributed by atoms with van der Waals surface area (Å²) in [5.41, 5.74) is 2.01. The lowest BCUT2D eigenvalue weighted by Gasteiger charge is -2.38. The summed E-state index contributed by atoms with van der Waals surface area (Å²) in [5.74, 6) is 0.715. The van der Waals surface area contributed by atoms with E-state index in [-0.39, 0.29) is 0 Å². The van der Waals surface area contributed by atoms with E-state index in [9.17, 15) is 5.11 Å². The molecule has 2 unspecified atom stereocenters. The van der Waals surface area contributed by atoms with Crippen LogP contribution in [-0.4, -0.2) is 17.3 Å². The summed E-state index contributed by atoms with van der Waals surface area (Å²) in [5, 5.41) is 10.7. The number of hydrogen-bond donors (Lipinski definition) is 1. The lowest BCUT2D eigenvalue weighted by atomic mass is 9.78. The molecule has 1 aliphatic carbocycles. The molecule has 1 saturated heterocycles. The van der Waals surface area contributed by atoms with Crippen LogP contribution in [0.2, 0.25) is 0 Å². The van der Waals surface area contributed by atoms with E-state index in [0.717, 1.165) is 31.4 Å². The fourth-order valence-electron chi connectivity index (χ4n) is 3.25. The van der Waals surface area contributed by atoms with Gasteiger partial charge in [-0.25, -0.2) is 0 Å². The Kier molecular flexibility index (Phi) is 3.64. The minimum absolute atomic E-state index is 0.406. The summed E-state index contributed by atoms with van der Waals surface area (Å²) in [6, 6.07) is 8.51. The molecule has 1 saturated carbocycles. The highest BCUT2D eigenvalue weighted by Crippen LogP contribution is 2.40. The Labute approximate surface area is 115 Å². The molecule has 2 fully saturated rings. The van der Waals surface area contributed by atoms with Gasteiger partial charge in [-0.3, -0.25) is 0 Å². The van der Waals surface area contributed by atoms with Crippen molar-refractivity contribution in [1.82, 2.24) is 0 Å². The van der Waals surface area contributed by atoms with Crippen molar-refractivity contribution >= 4 is 0 Å². The Hall–Kier alpha value is -0.860. The molecule has 2 atom stereocenters. The van der Waals surface area contributed by atoms with Crippen LogP contribution >= 0.6 is 0 Å². The summed E-state index contributed by atoms with van der Waals surface area (Å²) in [4.78, 5) is 0. The van der Waals surface area contributed by atoms with Crippen LogP contribution in [0.1, 0.15) is 68.6 Å². The molecule has 1 aromatic carbocycles. The average molecular weight is 260 g/mol. The van der Waals surface area contributed by atoms with E-state index >= 15 is 0 Å². The number of benzene rings is 1. The zero-order chi connectivity index (χ0) is 13.3. The van der Waals surface area contributed by atoms with Gasteiger partial charge in [0.1, 0.15) is 6.10 Å². The molecule has 104 valence electrons. The van der Waals surface area contributed by atoms with Crippen LogP contribution in [0, 0.1) is 0 Å². The Morgan fingerprint density at radius 2 is 2.11 bits per heavy atom. The summed E-state index contributed by atoms with van der Waals surface area (Å²) >= 11 is 0. The largest absolute Gasteiger partial charge is 0.385 e. The minimum atomic E-state index is -0.507. The zero-order valence-corrected chi connectivity index (χ0v) is 11.8. The normalized spacial score (nSPS) is 29.8. The molecule has 2 aliphatic rings. The van der Waals surface area contributed by atoms with E-state index in [2.05, 4.69) is 18.2 Å². The first-order valence-electron chi connectivity index (χ1n) is 7.61. The van der Waals surface area contributed by atoms with Gasteiger partial charge in [-0.05, 0) is 56.1 Å². The number of aliphatic hydroxyl groups excluding tert-OH is 1. The number of ether oxygens (including phenoxy) is 1. The predicted molar refractivity (Wildman–Crippen MR) is 76.2 cm³/mol. The van der Waals surface area contributed by atoms with Crippen molar-refractivity contribution in [2.75, 3.05) is 6.61 Å². The summed E-state index contributed by atoms with van der Waals surface area (Å²) in [6.07, 6.45) is 6.65. The third kappa shape index (κ3) is 2.56. The van der Waals surface area contributed by atoms with Gasteiger partial charge in [0, 0.05) is 6.61 Å². The van der Waals surface area contributed by atoms with Crippen LogP contribution in [0.4, 0.5) is 0 Å². The van der Waals surface area contributed by atoms with E-state index < -0.39 is 11.7 Å². The molecule has 1 aromatic rings. The molecule has 2 nitrogen and oxygen atoms in total. The third-order valence-electron chi connectivity index (χ3n) is 4.88. The lowest BCUT2D eigenvalue weighted by Crippen LogP contribution is -2.39. The van der Waals surface area contributed by atoms with Crippen molar-refractivity contribution in [1.29, 1.82) is 0 Å². The Balaban J connectivity index is 1.80. The van der Waals surface area contributed by atoms with Gasteiger partial charge in [0.25, 0.3) is 0 Å². The predicted octanol–water partition coefficient (Wildman–Crippen LogP) is 3.95. The molecule has 1 N–H and O–H groups in total. The summed E-state index contributed by atoms with van der Waals surface area (Å²) in [7, 11) is 0. The molecule has 0 radical (unpaired) electrons. The maximum absolute atomic E-state index is 10.7. The van der Waals surface area contributed by atoms with Crippen LogP contribution in [0.5, 0.6) is 0 Å². The van der Waals surface area contributed by atoms with Gasteiger partial charge < -0.3 is 9.84 Å². The quantitative estimate of drug-likeness (QED) is 0.891. The third-order valence-corrected chi connectivity index (χ3v) is 4.88. The van der Waals surface area contributed by atoms with Gasteiger partial charge in [-0.15, -0.1) is 0 Å². The van der Waals surface area contributed by atoms with Crippen LogP contribution in [0.3, 0.4) is 0 Å². The molecule has 1 heterocycles. The van der Waals surface area contributed by atoms with Crippen molar-refractivity contribution < 1.29 is 9.84 Å². The number of aliphatic hydroxyl groups is 1. The fraction of sp³-hybridized carbons (Fsp3) is 0.647. The number of rotatable bonds is 3. The van der Waals surface area contributed by atoms with Crippen molar-refractivity contribution in [3.05, 3.63) is 35.4 Å². The molecule has 1 aliphatic heterocycles. The molecule has 0 spiro atoms. The standard InChI is InChI=1S/C17H24O2/c1-17(10-2-3-11-19-17)16(18)15-9-5-8-14(12-15)13-6-4-7-13/h5,8-9,12-13,16,18H,2-4,6-7,10-11H2,1H3. The van der Waals surface area contributed by atoms with Gasteiger partial charge in [0.2, 0.25) is 0 Å². The molecule has 3 rings (SSSR count). The molecular formula is C17H24O2. The van der Waals surface area contributed by atoms with E-state index in [1.165, 1.54) is 24.8 Å². The van der Waals surface area contributed by atoms with Crippen LogP contribution < -0.4 is 0 Å². The molecule has 0 bridgehead atoms. The van der Waals surface area contributed by atoms with Crippen LogP contribution in [-0.2, 0) is 4.74 Å². The van der Waals surface area contributed by atoms with Gasteiger partial charge in [-0.1, -0.05) is 30.7 Å². The highest BCUT2D eigenvalue weighted by molar-refractivity contribution is 5.30. The van der Waals surface area contributed by atoms with Crippen molar-refractivity contribution in [3.8, 4) is 0 Å². The second kappa shape index (κ2) is 5.26. The second-order valence-electron chi connectivity index (χ2n) is 6.32. The van der Waals surface area contributed by atoms with Crippen LogP contribution in [0.15, 0.2) is 24.3 Å². The van der Waals surface area contributed by atoms with Crippen molar-refractivity contribution in [3.63, 3.8) is 0 Å². The monoisotopic (exact) mass is 260 g/mol. The molecule has 19 heavy (non-hydrogen) atoms. The highest BCUT2D eigenvalue weighted by Gasteiger charge is 2.37. The summed E-state index contributed by atoms with van der Waals surface area (Å²) < 4.78 is 5.87. The van der Waals surface area contributed by atoms with Crippen LogP contribution in [0.25, 0.3) is 0 Å². The first-order valence-corrected chi connectivity index (χ1v) is 7.61. The minimum Gasteiger partial charge on any atom is -0.385 e. The van der Waals surface area contributed by atoms with E-state index in [4.69, 9.17) is 4.74 Å². The molecule has 0 amide bonds. The first kappa shape index (κ1) is 13.1. The Morgan fingerprint density at radius 1 is 1.26 bits per heavy atom. The van der Waals surface area contributed by atoms with Gasteiger partial charge >= 0.3 is 0 Å². The first-order chi connectivity index (χ1) is 9.19. The number of hydrogen-bond acceptors (Lipinski definition) is 2. The average Bonchev–Trinajstić information content (AvgIpc) is 2.37. The smallest absolute Gasteiger partial charge is 0.108 e. The molecular weight excluding hydrogens is 236 g/mol. The van der Waals surface area contributed by atoms with E-state index in [0.29, 0.717) is 5.92 Å². The van der Waals surface area contributed by atoms with Crippen molar-refractivity contribution in [2.45, 2.75) is 63.1 Å². The molecule has 2 heteroatoms. The van der Waals surface area contributed by atoms with Crippen molar-refractivity contribution in [2.24, 2.45) is 0 Å². The van der Waals surface area contributed by atoms with E-state index in [1.807, 2.05) is 13.0 Å². The lowest BCUT2D eigenvalue weighted by molar-refractivity contribution is -0.138. The topological polar surface area (TPSA) is 29.5 Å². The summed E-state index contributed by atoms with van der Waals surface area (Å²) in [6.45, 7) is 2.82. The molecule has 0 aromatic heterocycles.